The first-order valence-corrected chi connectivity index (χ1v) is 10.7. The molecule has 1 amide bonds. The summed E-state index contributed by atoms with van der Waals surface area (Å²) in [4.78, 5) is 20.4. The van der Waals surface area contributed by atoms with Crippen molar-refractivity contribution in [3.8, 4) is 0 Å². The fraction of sp³-hybridized carbons (Fsp3) is 0.412. The summed E-state index contributed by atoms with van der Waals surface area (Å²) in [6, 6.07) is 4.66. The summed E-state index contributed by atoms with van der Waals surface area (Å²) < 4.78 is 48.0. The standard InChI is InChI=1S/C17H19F2N3O3S2/c1-12-20-14(11-26-12)10-21-6-8-22(9-7-21)16(23)13-2-4-15(5-3-13)27(24,25)17(18)19/h2-5,11,17H,6-10H2,1H3. The minimum absolute atomic E-state index is 0.236. The van der Waals surface area contributed by atoms with Gasteiger partial charge in [0.2, 0.25) is 9.84 Å². The van der Waals surface area contributed by atoms with Crippen LogP contribution in [0.15, 0.2) is 34.5 Å². The Morgan fingerprint density at radius 1 is 1.19 bits per heavy atom. The van der Waals surface area contributed by atoms with Crippen LogP contribution < -0.4 is 0 Å². The lowest BCUT2D eigenvalue weighted by molar-refractivity contribution is 0.0627. The van der Waals surface area contributed by atoms with Crippen LogP contribution in [0.4, 0.5) is 8.78 Å². The second-order valence-electron chi connectivity index (χ2n) is 6.26. The van der Waals surface area contributed by atoms with Crippen LogP contribution in [-0.4, -0.2) is 61.0 Å². The fourth-order valence-electron chi connectivity index (χ4n) is 2.89. The molecule has 1 aliphatic rings. The van der Waals surface area contributed by atoms with E-state index in [1.807, 2.05) is 12.3 Å². The van der Waals surface area contributed by atoms with Crippen molar-refractivity contribution in [2.45, 2.75) is 24.1 Å². The molecule has 0 N–H and O–H groups in total. The summed E-state index contributed by atoms with van der Waals surface area (Å²) in [5, 5.41) is 3.05. The van der Waals surface area contributed by atoms with E-state index in [9.17, 15) is 22.0 Å². The van der Waals surface area contributed by atoms with Crippen LogP contribution in [0, 0.1) is 6.92 Å². The van der Waals surface area contributed by atoms with Gasteiger partial charge in [0.25, 0.3) is 5.91 Å². The summed E-state index contributed by atoms with van der Waals surface area (Å²) in [7, 11) is -4.65. The first-order chi connectivity index (χ1) is 12.8. The first-order valence-electron chi connectivity index (χ1n) is 8.32. The van der Waals surface area contributed by atoms with Crippen molar-refractivity contribution >= 4 is 27.1 Å². The van der Waals surface area contributed by atoms with Crippen molar-refractivity contribution < 1.29 is 22.0 Å². The van der Waals surface area contributed by atoms with Gasteiger partial charge in [0.05, 0.1) is 15.6 Å². The molecule has 0 bridgehead atoms. The molecule has 10 heteroatoms. The number of thiazole rings is 1. The SMILES string of the molecule is Cc1nc(CN2CCN(C(=O)c3ccc(S(=O)(=O)C(F)F)cc3)CC2)cs1. The van der Waals surface area contributed by atoms with Gasteiger partial charge in [-0.05, 0) is 31.2 Å². The van der Waals surface area contributed by atoms with Crippen LogP contribution in [0.1, 0.15) is 21.1 Å². The molecule has 1 aliphatic heterocycles. The molecular weight excluding hydrogens is 396 g/mol. The van der Waals surface area contributed by atoms with E-state index in [1.165, 1.54) is 12.1 Å². The van der Waals surface area contributed by atoms with Gasteiger partial charge in [-0.15, -0.1) is 11.3 Å². The fourth-order valence-corrected chi connectivity index (χ4v) is 4.22. The number of benzene rings is 1. The highest BCUT2D eigenvalue weighted by Gasteiger charge is 2.27. The van der Waals surface area contributed by atoms with Gasteiger partial charge in [0.15, 0.2) is 0 Å². The van der Waals surface area contributed by atoms with Crippen LogP contribution in [0.25, 0.3) is 0 Å². The number of amides is 1. The van der Waals surface area contributed by atoms with Crippen molar-refractivity contribution in [3.05, 3.63) is 45.9 Å². The quantitative estimate of drug-likeness (QED) is 0.750. The Balaban J connectivity index is 1.59. The molecule has 1 aromatic carbocycles. The molecule has 6 nitrogen and oxygen atoms in total. The Labute approximate surface area is 160 Å². The van der Waals surface area contributed by atoms with Crippen LogP contribution in [0.5, 0.6) is 0 Å². The van der Waals surface area contributed by atoms with Gasteiger partial charge in [0.1, 0.15) is 0 Å². The number of hydrogen-bond acceptors (Lipinski definition) is 6. The predicted octanol–water partition coefficient (Wildman–Crippen LogP) is 2.41. The lowest BCUT2D eigenvalue weighted by Crippen LogP contribution is -2.48. The number of rotatable bonds is 5. The second kappa shape index (κ2) is 7.99. The number of carbonyl (C=O) groups is 1. The molecule has 1 saturated heterocycles. The Bertz CT molecular complexity index is 906. The monoisotopic (exact) mass is 415 g/mol. The highest BCUT2D eigenvalue weighted by Crippen LogP contribution is 2.20. The molecule has 3 rings (SSSR count). The normalized spacial score (nSPS) is 16.1. The Morgan fingerprint density at radius 2 is 1.81 bits per heavy atom. The first kappa shape index (κ1) is 19.8. The van der Waals surface area contributed by atoms with Gasteiger partial charge >= 0.3 is 5.76 Å². The van der Waals surface area contributed by atoms with E-state index in [-0.39, 0.29) is 11.5 Å². The summed E-state index contributed by atoms with van der Waals surface area (Å²) in [5.41, 5.74) is 1.31. The molecule has 0 unspecified atom stereocenters. The van der Waals surface area contributed by atoms with Gasteiger partial charge < -0.3 is 4.90 Å². The lowest BCUT2D eigenvalue weighted by Gasteiger charge is -2.34. The summed E-state index contributed by atoms with van der Waals surface area (Å²) in [6.45, 7) is 5.20. The molecule has 146 valence electrons. The van der Waals surface area contributed by atoms with E-state index in [2.05, 4.69) is 9.88 Å². The van der Waals surface area contributed by atoms with Gasteiger partial charge in [-0.3, -0.25) is 9.69 Å². The molecule has 0 radical (unpaired) electrons. The lowest BCUT2D eigenvalue weighted by atomic mass is 10.2. The highest BCUT2D eigenvalue weighted by atomic mass is 32.2. The maximum absolute atomic E-state index is 12.6. The van der Waals surface area contributed by atoms with E-state index in [4.69, 9.17) is 0 Å². The summed E-state index contributed by atoms with van der Waals surface area (Å²) in [5.74, 6) is -3.71. The number of piperazine rings is 1. The summed E-state index contributed by atoms with van der Waals surface area (Å²) in [6.07, 6.45) is 0. The van der Waals surface area contributed by atoms with E-state index in [0.717, 1.165) is 29.4 Å². The minimum atomic E-state index is -4.65. The minimum Gasteiger partial charge on any atom is -0.336 e. The number of aryl methyl sites for hydroxylation is 1. The molecule has 2 heterocycles. The van der Waals surface area contributed by atoms with Crippen LogP contribution in [0.3, 0.4) is 0 Å². The number of hydrogen-bond donors (Lipinski definition) is 0. The van der Waals surface area contributed by atoms with Gasteiger partial charge in [-0.1, -0.05) is 0 Å². The zero-order chi connectivity index (χ0) is 19.6. The average molecular weight is 415 g/mol. The maximum atomic E-state index is 12.6. The number of halogens is 2. The molecule has 0 spiro atoms. The molecule has 27 heavy (non-hydrogen) atoms. The highest BCUT2D eigenvalue weighted by molar-refractivity contribution is 7.91. The van der Waals surface area contributed by atoms with Crippen molar-refractivity contribution in [1.29, 1.82) is 0 Å². The molecule has 0 aliphatic carbocycles. The number of aromatic nitrogens is 1. The van der Waals surface area contributed by atoms with E-state index in [1.54, 1.807) is 16.2 Å². The van der Waals surface area contributed by atoms with Gasteiger partial charge in [-0.25, -0.2) is 13.4 Å². The summed E-state index contributed by atoms with van der Waals surface area (Å²) >= 11 is 1.61. The number of alkyl halides is 2. The molecule has 1 fully saturated rings. The average Bonchev–Trinajstić information content (AvgIpc) is 3.06. The third-order valence-corrected chi connectivity index (χ3v) is 6.60. The Morgan fingerprint density at radius 3 is 2.33 bits per heavy atom. The van der Waals surface area contributed by atoms with E-state index >= 15 is 0 Å². The third kappa shape index (κ3) is 4.50. The van der Waals surface area contributed by atoms with Crippen molar-refractivity contribution in [3.63, 3.8) is 0 Å². The second-order valence-corrected chi connectivity index (χ2v) is 9.24. The molecule has 2 aromatic rings. The zero-order valence-electron chi connectivity index (χ0n) is 14.6. The Kier molecular flexibility index (Phi) is 5.87. The van der Waals surface area contributed by atoms with Crippen LogP contribution >= 0.6 is 11.3 Å². The van der Waals surface area contributed by atoms with Crippen molar-refractivity contribution in [2.75, 3.05) is 26.2 Å². The largest absolute Gasteiger partial charge is 0.341 e. The van der Waals surface area contributed by atoms with Gasteiger partial charge in [0, 0.05) is 43.7 Å². The Hall–Kier alpha value is -1.91. The van der Waals surface area contributed by atoms with Gasteiger partial charge in [-0.2, -0.15) is 8.78 Å². The molecule has 0 saturated carbocycles. The number of carbonyl (C=O) groups excluding carboxylic acids is 1. The third-order valence-electron chi connectivity index (χ3n) is 4.38. The van der Waals surface area contributed by atoms with Crippen LogP contribution in [0.2, 0.25) is 0 Å². The molecule has 0 atom stereocenters. The topological polar surface area (TPSA) is 70.6 Å². The molecular formula is C17H19F2N3O3S2. The van der Waals surface area contributed by atoms with Crippen LogP contribution in [-0.2, 0) is 16.4 Å². The van der Waals surface area contributed by atoms with Crippen molar-refractivity contribution in [1.82, 2.24) is 14.8 Å². The number of sulfone groups is 1. The maximum Gasteiger partial charge on any atom is 0.341 e. The predicted molar refractivity (Wildman–Crippen MR) is 97.7 cm³/mol. The zero-order valence-corrected chi connectivity index (χ0v) is 16.3. The smallest absolute Gasteiger partial charge is 0.336 e. The van der Waals surface area contributed by atoms with E-state index in [0.29, 0.717) is 26.2 Å². The van der Waals surface area contributed by atoms with E-state index < -0.39 is 20.5 Å². The number of nitrogens with zero attached hydrogens (tertiary/aromatic N) is 3. The molecule has 1 aromatic heterocycles. The van der Waals surface area contributed by atoms with Crippen molar-refractivity contribution in [2.24, 2.45) is 0 Å².